The first-order valence-electron chi connectivity index (χ1n) is 9.11. The molecule has 3 rings (SSSR count). The molecule has 0 saturated carbocycles. The second kappa shape index (κ2) is 7.40. The van der Waals surface area contributed by atoms with Crippen LogP contribution < -0.4 is 16.1 Å². The van der Waals surface area contributed by atoms with E-state index in [1.807, 2.05) is 4.90 Å². The molecule has 0 radical (unpaired) electrons. The molecule has 1 aromatic rings. The van der Waals surface area contributed by atoms with Crippen molar-refractivity contribution in [2.45, 2.75) is 44.3 Å². The van der Waals surface area contributed by atoms with Crippen LogP contribution in [0.2, 0.25) is 0 Å². The number of hydrogen-bond acceptors (Lipinski definition) is 4. The van der Waals surface area contributed by atoms with Gasteiger partial charge in [-0.25, -0.2) is 4.79 Å². The minimum Gasteiger partial charge on any atom is -0.355 e. The lowest BCUT2D eigenvalue weighted by Gasteiger charge is -2.45. The first kappa shape index (κ1) is 19.5. The molecule has 2 unspecified atom stereocenters. The third-order valence-corrected chi connectivity index (χ3v) is 5.52. The van der Waals surface area contributed by atoms with Crippen LogP contribution >= 0.6 is 0 Å². The van der Waals surface area contributed by atoms with Crippen molar-refractivity contribution in [1.82, 2.24) is 14.5 Å². The Bertz CT molecular complexity index is 786. The molecule has 0 aromatic carbocycles. The SMILES string of the molecule is Cn1c(=O)cc(N2CCCCC2C2CCCN(C(=O)C(F)(F)F)C2)[nH]c1=O. The van der Waals surface area contributed by atoms with Gasteiger partial charge in [0.15, 0.2) is 0 Å². The van der Waals surface area contributed by atoms with Crippen LogP contribution in [0.4, 0.5) is 19.0 Å². The average Bonchev–Trinajstić information content (AvgIpc) is 2.64. The van der Waals surface area contributed by atoms with Crippen LogP contribution in [0.25, 0.3) is 0 Å². The van der Waals surface area contributed by atoms with Gasteiger partial charge in [0.05, 0.1) is 0 Å². The maximum absolute atomic E-state index is 12.8. The van der Waals surface area contributed by atoms with E-state index in [1.54, 1.807) is 0 Å². The van der Waals surface area contributed by atoms with E-state index in [9.17, 15) is 27.6 Å². The summed E-state index contributed by atoms with van der Waals surface area (Å²) in [5.74, 6) is -1.54. The zero-order valence-corrected chi connectivity index (χ0v) is 15.1. The molecule has 2 fully saturated rings. The fourth-order valence-corrected chi connectivity index (χ4v) is 4.13. The fraction of sp³-hybridized carbons (Fsp3) is 0.706. The molecule has 0 spiro atoms. The number of likely N-dealkylation sites (tertiary alicyclic amines) is 1. The van der Waals surface area contributed by atoms with Crippen molar-refractivity contribution in [3.8, 4) is 0 Å². The number of piperidine rings is 2. The number of amides is 1. The maximum Gasteiger partial charge on any atom is 0.471 e. The standard InChI is InChI=1S/C17H23F3N4O3/c1-22-14(25)9-13(21-16(22)27)24-8-3-2-6-12(24)11-5-4-7-23(10-11)15(26)17(18,19)20/h9,11-12H,2-8,10H2,1H3,(H,21,27). The zero-order valence-electron chi connectivity index (χ0n) is 15.1. The largest absolute Gasteiger partial charge is 0.471 e. The van der Waals surface area contributed by atoms with Crippen molar-refractivity contribution in [2.24, 2.45) is 13.0 Å². The lowest BCUT2D eigenvalue weighted by molar-refractivity contribution is -0.187. The predicted molar refractivity (Wildman–Crippen MR) is 92.6 cm³/mol. The van der Waals surface area contributed by atoms with E-state index in [1.165, 1.54) is 13.1 Å². The number of carbonyl (C=O) groups excluding carboxylic acids is 1. The van der Waals surface area contributed by atoms with E-state index in [0.29, 0.717) is 25.2 Å². The molecule has 2 aliphatic rings. The first-order valence-corrected chi connectivity index (χ1v) is 9.11. The van der Waals surface area contributed by atoms with E-state index in [0.717, 1.165) is 28.7 Å². The Labute approximate surface area is 153 Å². The summed E-state index contributed by atoms with van der Waals surface area (Å²) in [5.41, 5.74) is -0.963. The van der Waals surface area contributed by atoms with Gasteiger partial charge >= 0.3 is 17.8 Å². The third kappa shape index (κ3) is 4.03. The van der Waals surface area contributed by atoms with Crippen LogP contribution in [0.1, 0.15) is 32.1 Å². The molecule has 1 N–H and O–H groups in total. The Morgan fingerprint density at radius 2 is 1.89 bits per heavy atom. The normalized spacial score (nSPS) is 24.1. The highest BCUT2D eigenvalue weighted by Gasteiger charge is 2.45. The molecule has 7 nitrogen and oxygen atoms in total. The van der Waals surface area contributed by atoms with Gasteiger partial charge in [0.1, 0.15) is 5.82 Å². The Morgan fingerprint density at radius 1 is 1.15 bits per heavy atom. The molecule has 0 aliphatic carbocycles. The van der Waals surface area contributed by atoms with Crippen molar-refractivity contribution in [3.63, 3.8) is 0 Å². The highest BCUT2D eigenvalue weighted by atomic mass is 19.4. The number of aromatic amines is 1. The number of alkyl halides is 3. The number of anilines is 1. The molecular weight excluding hydrogens is 365 g/mol. The lowest BCUT2D eigenvalue weighted by atomic mass is 9.84. The Kier molecular flexibility index (Phi) is 5.34. The first-order chi connectivity index (χ1) is 12.7. The molecular formula is C17H23F3N4O3. The van der Waals surface area contributed by atoms with Crippen LogP contribution in [0.3, 0.4) is 0 Å². The van der Waals surface area contributed by atoms with Gasteiger partial charge in [0.2, 0.25) is 0 Å². The van der Waals surface area contributed by atoms with E-state index < -0.39 is 23.3 Å². The van der Waals surface area contributed by atoms with E-state index in [2.05, 4.69) is 4.98 Å². The van der Waals surface area contributed by atoms with Crippen molar-refractivity contribution in [2.75, 3.05) is 24.5 Å². The summed E-state index contributed by atoms with van der Waals surface area (Å²) in [6.07, 6.45) is -1.13. The number of nitrogens with one attached hydrogen (secondary N) is 1. The molecule has 2 atom stereocenters. The maximum atomic E-state index is 12.8. The summed E-state index contributed by atoms with van der Waals surface area (Å²) < 4.78 is 39.3. The second-order valence-electron chi connectivity index (χ2n) is 7.26. The van der Waals surface area contributed by atoms with Crippen molar-refractivity contribution in [1.29, 1.82) is 0 Å². The number of rotatable bonds is 2. The molecule has 0 bridgehead atoms. The Morgan fingerprint density at radius 3 is 2.56 bits per heavy atom. The van der Waals surface area contributed by atoms with Crippen LogP contribution in [-0.4, -0.2) is 52.2 Å². The molecule has 1 aromatic heterocycles. The predicted octanol–water partition coefficient (Wildman–Crippen LogP) is 1.23. The van der Waals surface area contributed by atoms with Gasteiger partial charge in [-0.1, -0.05) is 0 Å². The summed E-state index contributed by atoms with van der Waals surface area (Å²) in [4.78, 5) is 41.0. The van der Waals surface area contributed by atoms with Crippen molar-refractivity contribution < 1.29 is 18.0 Å². The van der Waals surface area contributed by atoms with Gasteiger partial charge in [-0.05, 0) is 38.0 Å². The zero-order chi connectivity index (χ0) is 19.8. The number of carbonyl (C=O) groups is 1. The average molecular weight is 388 g/mol. The highest BCUT2D eigenvalue weighted by Crippen LogP contribution is 2.33. The summed E-state index contributed by atoms with van der Waals surface area (Å²) >= 11 is 0. The minimum absolute atomic E-state index is 0.0363. The number of aromatic nitrogens is 2. The van der Waals surface area contributed by atoms with Gasteiger partial charge in [-0.3, -0.25) is 19.1 Å². The minimum atomic E-state index is -4.87. The molecule has 2 saturated heterocycles. The van der Waals surface area contributed by atoms with Gasteiger partial charge < -0.3 is 9.80 Å². The molecule has 2 aliphatic heterocycles. The monoisotopic (exact) mass is 388 g/mol. The van der Waals surface area contributed by atoms with E-state index >= 15 is 0 Å². The van der Waals surface area contributed by atoms with Crippen LogP contribution in [0.5, 0.6) is 0 Å². The Hall–Kier alpha value is -2.26. The van der Waals surface area contributed by atoms with Gasteiger partial charge in [-0.2, -0.15) is 13.2 Å². The van der Waals surface area contributed by atoms with Crippen LogP contribution in [0, 0.1) is 5.92 Å². The van der Waals surface area contributed by atoms with Crippen LogP contribution in [0.15, 0.2) is 15.7 Å². The number of halogens is 3. The van der Waals surface area contributed by atoms with Gasteiger partial charge in [0.25, 0.3) is 5.56 Å². The highest BCUT2D eigenvalue weighted by molar-refractivity contribution is 5.81. The lowest BCUT2D eigenvalue weighted by Crippen LogP contribution is -2.53. The topological polar surface area (TPSA) is 78.4 Å². The summed E-state index contributed by atoms with van der Waals surface area (Å²) in [6, 6.07) is 1.23. The molecule has 150 valence electrons. The van der Waals surface area contributed by atoms with Gasteiger partial charge in [0, 0.05) is 38.8 Å². The quantitative estimate of drug-likeness (QED) is 0.827. The van der Waals surface area contributed by atoms with E-state index in [4.69, 9.17) is 0 Å². The smallest absolute Gasteiger partial charge is 0.355 e. The summed E-state index contributed by atoms with van der Waals surface area (Å²) in [5, 5.41) is 0. The molecule has 1 amide bonds. The molecule has 10 heteroatoms. The second-order valence-corrected chi connectivity index (χ2v) is 7.26. The third-order valence-electron chi connectivity index (χ3n) is 5.52. The van der Waals surface area contributed by atoms with E-state index in [-0.39, 0.29) is 25.0 Å². The number of H-pyrrole nitrogens is 1. The van der Waals surface area contributed by atoms with Crippen LogP contribution in [-0.2, 0) is 11.8 Å². The number of hydrogen-bond donors (Lipinski definition) is 1. The number of nitrogens with zero attached hydrogens (tertiary/aromatic N) is 3. The summed E-state index contributed by atoms with van der Waals surface area (Å²) in [6.45, 7) is 0.746. The van der Waals surface area contributed by atoms with Crippen molar-refractivity contribution in [3.05, 3.63) is 26.9 Å². The summed E-state index contributed by atoms with van der Waals surface area (Å²) in [7, 11) is 1.38. The fourth-order valence-electron chi connectivity index (χ4n) is 4.13. The van der Waals surface area contributed by atoms with Crippen molar-refractivity contribution >= 4 is 11.7 Å². The molecule has 27 heavy (non-hydrogen) atoms. The molecule has 3 heterocycles. The van der Waals surface area contributed by atoms with Gasteiger partial charge in [-0.15, -0.1) is 0 Å². The Balaban J connectivity index is 1.84.